The van der Waals surface area contributed by atoms with Gasteiger partial charge in [-0.05, 0) is 12.8 Å². The van der Waals surface area contributed by atoms with Gasteiger partial charge in [-0.3, -0.25) is 5.01 Å². The minimum Gasteiger partial charge on any atom is -0.394 e. The molecule has 0 radical (unpaired) electrons. The molecule has 0 aromatic heterocycles. The summed E-state index contributed by atoms with van der Waals surface area (Å²) in [6, 6.07) is 0. The zero-order valence-corrected chi connectivity index (χ0v) is 10.1. The quantitative estimate of drug-likeness (QED) is 0.727. The Morgan fingerprint density at radius 3 is 3.17 bits per heavy atom. The van der Waals surface area contributed by atoms with Crippen LogP contribution < -0.4 is 5.43 Å². The van der Waals surface area contributed by atoms with Crippen LogP contribution in [0.2, 0.25) is 0 Å². The van der Waals surface area contributed by atoms with Gasteiger partial charge < -0.3 is 9.84 Å². The molecule has 1 fully saturated rings. The maximum Gasteiger partial charge on any atom is 0.202 e. The molecule has 0 amide bonds. The number of ether oxygens (including phenoxy) is 1. The number of hydrogen-bond acceptors (Lipinski definition) is 8. The second kappa shape index (κ2) is 4.63. The highest BCUT2D eigenvalue weighted by molar-refractivity contribution is 5.58. The van der Waals surface area contributed by atoms with Gasteiger partial charge in [0.1, 0.15) is 12.0 Å². The molecule has 98 valence electrons. The monoisotopic (exact) mass is 252 g/mol. The molecular formula is C10H16N6O2. The van der Waals surface area contributed by atoms with Crippen LogP contribution >= 0.6 is 0 Å². The summed E-state index contributed by atoms with van der Waals surface area (Å²) in [5.74, 6) is 0. The molecule has 0 saturated carbocycles. The summed E-state index contributed by atoms with van der Waals surface area (Å²) in [5.41, 5.74) is 3.87. The van der Waals surface area contributed by atoms with Gasteiger partial charge in [-0.2, -0.15) is 0 Å². The lowest BCUT2D eigenvalue weighted by molar-refractivity contribution is -0.0548. The molecule has 3 atom stereocenters. The van der Waals surface area contributed by atoms with Gasteiger partial charge in [0.2, 0.25) is 6.17 Å². The maximum atomic E-state index is 9.09. The van der Waals surface area contributed by atoms with E-state index in [-0.39, 0.29) is 25.1 Å². The molecule has 8 heteroatoms. The summed E-state index contributed by atoms with van der Waals surface area (Å²) in [5, 5.41) is 21.0. The summed E-state index contributed by atoms with van der Waals surface area (Å²) in [4.78, 5) is 4.14. The van der Waals surface area contributed by atoms with E-state index in [1.807, 2.05) is 0 Å². The Balaban J connectivity index is 1.74. The van der Waals surface area contributed by atoms with E-state index >= 15 is 0 Å². The number of fused-ring (bicyclic) bond motifs is 1. The first kappa shape index (κ1) is 11.6. The van der Waals surface area contributed by atoms with Crippen molar-refractivity contribution in [3.63, 3.8) is 0 Å². The molecule has 18 heavy (non-hydrogen) atoms. The molecule has 8 nitrogen and oxygen atoms in total. The Morgan fingerprint density at radius 2 is 2.44 bits per heavy atom. The minimum atomic E-state index is -0.190. The molecule has 3 aliphatic heterocycles. The van der Waals surface area contributed by atoms with E-state index in [4.69, 9.17) is 9.84 Å². The predicted octanol–water partition coefficient (Wildman–Crippen LogP) is -0.188. The molecule has 1 unspecified atom stereocenters. The van der Waals surface area contributed by atoms with E-state index < -0.39 is 0 Å². The summed E-state index contributed by atoms with van der Waals surface area (Å²) in [6.07, 6.45) is 4.63. The van der Waals surface area contributed by atoms with Crippen molar-refractivity contribution in [2.75, 3.05) is 13.7 Å². The lowest BCUT2D eigenvalue weighted by Gasteiger charge is -2.29. The van der Waals surface area contributed by atoms with Gasteiger partial charge in [0, 0.05) is 7.05 Å². The molecule has 3 aliphatic rings. The molecule has 0 spiro atoms. The van der Waals surface area contributed by atoms with Crippen LogP contribution in [0.15, 0.2) is 27.2 Å². The molecule has 2 N–H and O–H groups in total. The van der Waals surface area contributed by atoms with Crippen molar-refractivity contribution >= 4 is 6.34 Å². The van der Waals surface area contributed by atoms with Gasteiger partial charge in [0.15, 0.2) is 6.23 Å². The van der Waals surface area contributed by atoms with Crippen LogP contribution in [0.5, 0.6) is 0 Å². The third-order valence-corrected chi connectivity index (χ3v) is 3.27. The lowest BCUT2D eigenvalue weighted by Crippen LogP contribution is -2.45. The van der Waals surface area contributed by atoms with Crippen molar-refractivity contribution in [3.8, 4) is 0 Å². The topological polar surface area (TPSA) is 85.0 Å². The standard InChI is InChI=1S/C10H16N6O2/c1-11-15-6-12-4-8-10(15)13-14-16(8)9-3-2-7(5-17)18-9/h4,6-7,9-11,17H,2-3,5H2,1H3/t7-,9-,10?/m0/s1. The third kappa shape index (κ3) is 1.78. The van der Waals surface area contributed by atoms with E-state index in [1.165, 1.54) is 0 Å². The smallest absolute Gasteiger partial charge is 0.202 e. The predicted molar refractivity (Wildman–Crippen MR) is 62.9 cm³/mol. The van der Waals surface area contributed by atoms with Crippen LogP contribution in [-0.4, -0.2) is 53.6 Å². The summed E-state index contributed by atoms with van der Waals surface area (Å²) < 4.78 is 5.70. The normalized spacial score (nSPS) is 34.1. The molecule has 1 saturated heterocycles. The van der Waals surface area contributed by atoms with Crippen molar-refractivity contribution in [3.05, 3.63) is 11.9 Å². The zero-order chi connectivity index (χ0) is 12.5. The first-order valence-corrected chi connectivity index (χ1v) is 5.99. The fourth-order valence-electron chi connectivity index (χ4n) is 2.31. The van der Waals surface area contributed by atoms with Crippen molar-refractivity contribution in [1.29, 1.82) is 0 Å². The Morgan fingerprint density at radius 1 is 1.56 bits per heavy atom. The van der Waals surface area contributed by atoms with Gasteiger partial charge in [0.25, 0.3) is 0 Å². The second-order valence-electron chi connectivity index (χ2n) is 4.35. The Kier molecular flexibility index (Phi) is 2.98. The van der Waals surface area contributed by atoms with Crippen molar-refractivity contribution < 1.29 is 9.84 Å². The van der Waals surface area contributed by atoms with E-state index in [0.29, 0.717) is 0 Å². The number of nitrogens with zero attached hydrogens (tertiary/aromatic N) is 5. The number of hydrogen-bond donors (Lipinski definition) is 2. The average Bonchev–Trinajstić information content (AvgIpc) is 3.03. The molecule has 3 rings (SSSR count). The second-order valence-corrected chi connectivity index (χ2v) is 4.35. The summed E-state index contributed by atoms with van der Waals surface area (Å²) in [7, 11) is 1.81. The van der Waals surface area contributed by atoms with E-state index in [1.54, 1.807) is 29.6 Å². The third-order valence-electron chi connectivity index (χ3n) is 3.27. The highest BCUT2D eigenvalue weighted by Gasteiger charge is 2.39. The molecule has 0 bridgehead atoms. The highest BCUT2D eigenvalue weighted by Crippen LogP contribution is 2.32. The fourth-order valence-corrected chi connectivity index (χ4v) is 2.31. The maximum absolute atomic E-state index is 9.09. The van der Waals surface area contributed by atoms with Crippen LogP contribution in [0.25, 0.3) is 0 Å². The van der Waals surface area contributed by atoms with Crippen LogP contribution in [0.3, 0.4) is 0 Å². The van der Waals surface area contributed by atoms with Gasteiger partial charge in [0.05, 0.1) is 18.9 Å². The lowest BCUT2D eigenvalue weighted by atomic mass is 10.2. The van der Waals surface area contributed by atoms with Gasteiger partial charge in [-0.15, -0.1) is 5.11 Å². The minimum absolute atomic E-state index is 0.0464. The first-order chi connectivity index (χ1) is 8.83. The number of aliphatic hydroxyl groups excluding tert-OH is 1. The Bertz CT molecular complexity index is 409. The number of rotatable bonds is 3. The SMILES string of the molecule is CNN1C=NC=C2C1N=NN2[C@@H]1CC[C@@H](CO)O1. The van der Waals surface area contributed by atoms with Gasteiger partial charge in [-0.1, -0.05) is 5.22 Å². The van der Waals surface area contributed by atoms with Crippen LogP contribution in [0, 0.1) is 0 Å². The molecule has 0 aromatic rings. The molecule has 3 heterocycles. The Labute approximate surface area is 105 Å². The molecular weight excluding hydrogens is 236 g/mol. The summed E-state index contributed by atoms with van der Waals surface area (Å²) in [6.45, 7) is 0.0464. The number of nitrogens with one attached hydrogen (secondary N) is 1. The molecule has 0 aromatic carbocycles. The number of hydrazine groups is 1. The molecule has 0 aliphatic carbocycles. The largest absolute Gasteiger partial charge is 0.394 e. The number of aliphatic hydroxyl groups is 1. The fraction of sp³-hybridized carbons (Fsp3) is 0.700. The van der Waals surface area contributed by atoms with E-state index in [0.717, 1.165) is 18.5 Å². The van der Waals surface area contributed by atoms with E-state index in [9.17, 15) is 0 Å². The van der Waals surface area contributed by atoms with Gasteiger partial charge >= 0.3 is 0 Å². The first-order valence-electron chi connectivity index (χ1n) is 5.99. The van der Waals surface area contributed by atoms with Crippen molar-refractivity contribution in [1.82, 2.24) is 15.4 Å². The Hall–Kier alpha value is -1.51. The number of aliphatic imine (C=N–C) groups is 1. The van der Waals surface area contributed by atoms with Crippen LogP contribution in [0.1, 0.15) is 12.8 Å². The van der Waals surface area contributed by atoms with Crippen molar-refractivity contribution in [2.45, 2.75) is 31.3 Å². The van der Waals surface area contributed by atoms with Crippen LogP contribution in [0.4, 0.5) is 0 Å². The van der Waals surface area contributed by atoms with Crippen molar-refractivity contribution in [2.24, 2.45) is 15.3 Å². The van der Waals surface area contributed by atoms with E-state index in [2.05, 4.69) is 20.8 Å². The highest BCUT2D eigenvalue weighted by atomic mass is 16.5. The average molecular weight is 252 g/mol. The zero-order valence-electron chi connectivity index (χ0n) is 10.1. The van der Waals surface area contributed by atoms with Gasteiger partial charge in [-0.25, -0.2) is 15.4 Å². The summed E-state index contributed by atoms with van der Waals surface area (Å²) >= 11 is 0. The van der Waals surface area contributed by atoms with Crippen LogP contribution in [-0.2, 0) is 4.74 Å².